The molecule has 1 aromatic heterocycles. The van der Waals surface area contributed by atoms with Crippen molar-refractivity contribution >= 4 is 27.3 Å². The zero-order chi connectivity index (χ0) is 14.7. The quantitative estimate of drug-likeness (QED) is 0.798. The van der Waals surface area contributed by atoms with Crippen molar-refractivity contribution in [2.45, 2.75) is 32.2 Å². The molecule has 0 amide bonds. The maximum absolute atomic E-state index is 5.57. The van der Waals surface area contributed by atoms with Gasteiger partial charge in [0.15, 0.2) is 0 Å². The van der Waals surface area contributed by atoms with E-state index in [1.54, 1.807) is 0 Å². The number of rotatable bonds is 6. The molecular weight excluding hydrogens is 346 g/mol. The molecule has 2 heterocycles. The van der Waals surface area contributed by atoms with Crippen molar-refractivity contribution in [1.82, 2.24) is 5.32 Å². The number of halogens is 1. The Labute approximate surface area is 138 Å². The van der Waals surface area contributed by atoms with Gasteiger partial charge in [0, 0.05) is 17.3 Å². The fraction of sp³-hybridized carbons (Fsp3) is 0.412. The molecule has 1 aliphatic heterocycles. The number of thiophene rings is 1. The van der Waals surface area contributed by atoms with Crippen LogP contribution in [0.4, 0.5) is 0 Å². The predicted octanol–water partition coefficient (Wildman–Crippen LogP) is 4.73. The van der Waals surface area contributed by atoms with Crippen LogP contribution >= 0.6 is 27.3 Å². The smallest absolute Gasteiger partial charge is 0.122 e. The molecule has 2 nitrogen and oxygen atoms in total. The minimum atomic E-state index is 0.441. The molecule has 1 unspecified atom stereocenters. The van der Waals surface area contributed by atoms with Crippen LogP contribution in [0.5, 0.6) is 5.75 Å². The van der Waals surface area contributed by atoms with E-state index in [1.807, 2.05) is 11.3 Å². The average Bonchev–Trinajstić information content (AvgIpc) is 3.11. The van der Waals surface area contributed by atoms with E-state index in [4.69, 9.17) is 4.74 Å². The van der Waals surface area contributed by atoms with E-state index in [1.165, 1.54) is 19.8 Å². The Morgan fingerprint density at radius 2 is 2.24 bits per heavy atom. The summed E-state index contributed by atoms with van der Waals surface area (Å²) in [5.41, 5.74) is 2.78. The lowest BCUT2D eigenvalue weighted by Crippen LogP contribution is -2.20. The Kier molecular flexibility index (Phi) is 4.99. The topological polar surface area (TPSA) is 21.3 Å². The summed E-state index contributed by atoms with van der Waals surface area (Å²) in [6, 6.07) is 11.4. The van der Waals surface area contributed by atoms with Crippen LogP contribution in [0.3, 0.4) is 0 Å². The van der Waals surface area contributed by atoms with Crippen molar-refractivity contribution in [2.24, 2.45) is 0 Å². The normalized spacial score (nSPS) is 14.8. The number of benzene rings is 1. The second-order valence-electron chi connectivity index (χ2n) is 5.33. The molecule has 1 atom stereocenters. The molecule has 0 fully saturated rings. The second-order valence-corrected chi connectivity index (χ2v) is 7.83. The van der Waals surface area contributed by atoms with Crippen molar-refractivity contribution < 1.29 is 4.74 Å². The van der Waals surface area contributed by atoms with Crippen LogP contribution in [0.2, 0.25) is 0 Å². The van der Waals surface area contributed by atoms with E-state index >= 15 is 0 Å². The van der Waals surface area contributed by atoms with Crippen LogP contribution in [0.1, 0.15) is 35.4 Å². The molecular formula is C17H20BrNOS. The van der Waals surface area contributed by atoms with Gasteiger partial charge >= 0.3 is 0 Å². The number of aryl methyl sites for hydroxylation is 1. The Balaban J connectivity index is 1.66. The van der Waals surface area contributed by atoms with E-state index in [0.717, 1.165) is 38.2 Å². The summed E-state index contributed by atoms with van der Waals surface area (Å²) >= 11 is 5.38. The zero-order valence-corrected chi connectivity index (χ0v) is 14.6. The molecule has 1 N–H and O–H groups in total. The Morgan fingerprint density at radius 1 is 1.33 bits per heavy atom. The molecule has 4 heteroatoms. The maximum atomic E-state index is 5.57. The summed E-state index contributed by atoms with van der Waals surface area (Å²) in [6.07, 6.45) is 3.28. The third-order valence-electron chi connectivity index (χ3n) is 3.86. The van der Waals surface area contributed by atoms with Gasteiger partial charge in [0.25, 0.3) is 0 Å². The monoisotopic (exact) mass is 365 g/mol. The predicted molar refractivity (Wildman–Crippen MR) is 92.4 cm³/mol. The molecule has 0 radical (unpaired) electrons. The highest BCUT2D eigenvalue weighted by molar-refractivity contribution is 9.11. The van der Waals surface area contributed by atoms with E-state index in [9.17, 15) is 0 Å². The third kappa shape index (κ3) is 3.68. The number of nitrogens with one attached hydrogen (secondary N) is 1. The molecule has 0 bridgehead atoms. The highest BCUT2D eigenvalue weighted by Gasteiger charge is 2.15. The van der Waals surface area contributed by atoms with Gasteiger partial charge in [-0.25, -0.2) is 0 Å². The van der Waals surface area contributed by atoms with Crippen LogP contribution in [0.25, 0.3) is 0 Å². The van der Waals surface area contributed by atoms with Gasteiger partial charge in [-0.3, -0.25) is 0 Å². The van der Waals surface area contributed by atoms with Crippen LogP contribution in [0.15, 0.2) is 34.1 Å². The summed E-state index contributed by atoms with van der Waals surface area (Å²) < 4.78 is 6.78. The van der Waals surface area contributed by atoms with Crippen molar-refractivity contribution in [3.8, 4) is 5.75 Å². The van der Waals surface area contributed by atoms with Gasteiger partial charge < -0.3 is 10.1 Å². The van der Waals surface area contributed by atoms with Gasteiger partial charge in [0.1, 0.15) is 5.75 Å². The van der Waals surface area contributed by atoms with Gasteiger partial charge in [0.05, 0.1) is 10.4 Å². The summed E-state index contributed by atoms with van der Waals surface area (Å²) in [7, 11) is 0. The van der Waals surface area contributed by atoms with Crippen molar-refractivity contribution in [3.63, 3.8) is 0 Å². The minimum Gasteiger partial charge on any atom is -0.493 e. The van der Waals surface area contributed by atoms with Crippen molar-refractivity contribution in [1.29, 1.82) is 0 Å². The fourth-order valence-corrected chi connectivity index (χ4v) is 4.35. The van der Waals surface area contributed by atoms with Gasteiger partial charge in [-0.2, -0.15) is 0 Å². The number of fused-ring (bicyclic) bond motifs is 1. The first kappa shape index (κ1) is 15.1. The summed E-state index contributed by atoms with van der Waals surface area (Å²) in [6.45, 7) is 4.00. The molecule has 0 spiro atoms. The molecule has 21 heavy (non-hydrogen) atoms. The standard InChI is InChI=1S/C17H20BrNOS/c1-2-19-14(16-7-8-17(18)21-16)5-3-12-4-6-15-13(11-12)9-10-20-15/h4,6-8,11,14,19H,2-3,5,9-10H2,1H3. The number of hydrogen-bond donors (Lipinski definition) is 1. The van der Waals surface area contributed by atoms with Gasteiger partial charge in [-0.1, -0.05) is 19.1 Å². The summed E-state index contributed by atoms with van der Waals surface area (Å²) in [5.74, 6) is 1.07. The van der Waals surface area contributed by atoms with Crippen LogP contribution < -0.4 is 10.1 Å². The zero-order valence-electron chi connectivity index (χ0n) is 12.2. The highest BCUT2D eigenvalue weighted by atomic mass is 79.9. The Hall–Kier alpha value is -0.840. The first-order valence-electron chi connectivity index (χ1n) is 7.49. The SMILES string of the molecule is CCNC(CCc1ccc2c(c1)CCO2)c1ccc(Br)s1. The minimum absolute atomic E-state index is 0.441. The Morgan fingerprint density at radius 3 is 3.00 bits per heavy atom. The molecule has 2 aromatic rings. The van der Waals surface area contributed by atoms with E-state index < -0.39 is 0 Å². The van der Waals surface area contributed by atoms with Gasteiger partial charge in [-0.15, -0.1) is 11.3 Å². The summed E-state index contributed by atoms with van der Waals surface area (Å²) in [5, 5.41) is 3.60. The molecule has 0 saturated carbocycles. The molecule has 0 aliphatic carbocycles. The lowest BCUT2D eigenvalue weighted by Gasteiger charge is -2.16. The van der Waals surface area contributed by atoms with Crippen molar-refractivity contribution in [2.75, 3.05) is 13.2 Å². The van der Waals surface area contributed by atoms with Crippen LogP contribution in [0, 0.1) is 0 Å². The maximum Gasteiger partial charge on any atom is 0.122 e. The lowest BCUT2D eigenvalue weighted by molar-refractivity contribution is 0.357. The van der Waals surface area contributed by atoms with E-state index in [-0.39, 0.29) is 0 Å². The largest absolute Gasteiger partial charge is 0.493 e. The molecule has 0 saturated heterocycles. The second kappa shape index (κ2) is 6.95. The third-order valence-corrected chi connectivity index (χ3v) is 5.60. The van der Waals surface area contributed by atoms with Gasteiger partial charge in [0.2, 0.25) is 0 Å². The molecule has 1 aliphatic rings. The molecule has 3 rings (SSSR count). The first-order valence-corrected chi connectivity index (χ1v) is 9.10. The van der Waals surface area contributed by atoms with E-state index in [0.29, 0.717) is 6.04 Å². The lowest BCUT2D eigenvalue weighted by atomic mass is 10.0. The van der Waals surface area contributed by atoms with Gasteiger partial charge in [-0.05, 0) is 64.6 Å². The fourth-order valence-electron chi connectivity index (χ4n) is 2.81. The highest BCUT2D eigenvalue weighted by Crippen LogP contribution is 2.31. The number of ether oxygens (including phenoxy) is 1. The number of hydrogen-bond acceptors (Lipinski definition) is 3. The van der Waals surface area contributed by atoms with Crippen LogP contribution in [-0.2, 0) is 12.8 Å². The molecule has 112 valence electrons. The van der Waals surface area contributed by atoms with Crippen LogP contribution in [-0.4, -0.2) is 13.2 Å². The Bertz CT molecular complexity index is 611. The average molecular weight is 366 g/mol. The summed E-state index contributed by atoms with van der Waals surface area (Å²) in [4.78, 5) is 1.41. The van der Waals surface area contributed by atoms with E-state index in [2.05, 4.69) is 58.5 Å². The first-order chi connectivity index (χ1) is 10.3. The molecule has 1 aromatic carbocycles. The van der Waals surface area contributed by atoms with Crippen molar-refractivity contribution in [3.05, 3.63) is 50.1 Å².